The van der Waals surface area contributed by atoms with E-state index in [0.717, 1.165) is 45.1 Å². The summed E-state index contributed by atoms with van der Waals surface area (Å²) in [5.74, 6) is 0.781. The highest BCUT2D eigenvalue weighted by Crippen LogP contribution is 2.08. The van der Waals surface area contributed by atoms with Gasteiger partial charge >= 0.3 is 5.97 Å². The first-order valence-corrected chi connectivity index (χ1v) is 7.07. The molecule has 0 saturated carbocycles. The van der Waals surface area contributed by atoms with E-state index in [9.17, 15) is 4.79 Å². The number of hydrogen-bond acceptors (Lipinski definition) is 5. The maximum Gasteiger partial charge on any atom is 0.317 e. The Balaban J connectivity index is 1.83. The van der Waals surface area contributed by atoms with Crippen LogP contribution in [0.4, 0.5) is 0 Å². The van der Waals surface area contributed by atoms with Gasteiger partial charge in [-0.05, 0) is 5.92 Å². The Morgan fingerprint density at radius 1 is 1.30 bits per heavy atom. The number of carbonyl (C=O) groups is 1. The lowest BCUT2D eigenvalue weighted by Gasteiger charge is -2.33. The largest absolute Gasteiger partial charge is 0.480 e. The molecule has 1 saturated heterocycles. The van der Waals surface area contributed by atoms with Gasteiger partial charge < -0.3 is 5.11 Å². The minimum absolute atomic E-state index is 0.136. The number of aromatic nitrogens is 3. The van der Waals surface area contributed by atoms with Crippen LogP contribution in [-0.4, -0.2) is 68.4 Å². The molecule has 1 aromatic rings. The molecule has 2 heterocycles. The van der Waals surface area contributed by atoms with Crippen LogP contribution in [0.3, 0.4) is 0 Å². The Hall–Kier alpha value is -1.47. The number of aliphatic carboxylic acids is 1. The van der Waals surface area contributed by atoms with Crippen LogP contribution < -0.4 is 0 Å². The Bertz CT molecular complexity index is 438. The zero-order valence-corrected chi connectivity index (χ0v) is 12.2. The quantitative estimate of drug-likeness (QED) is 0.799. The lowest BCUT2D eigenvalue weighted by atomic mass is 10.2. The molecule has 0 radical (unpaired) electrons. The van der Waals surface area contributed by atoms with Gasteiger partial charge in [0, 0.05) is 32.7 Å². The minimum Gasteiger partial charge on any atom is -0.480 e. The lowest BCUT2D eigenvalue weighted by molar-refractivity contribution is -0.138. The molecule has 2 rings (SSSR count). The number of rotatable bonds is 6. The highest BCUT2D eigenvalue weighted by atomic mass is 16.4. The molecule has 0 aromatic carbocycles. The van der Waals surface area contributed by atoms with Crippen LogP contribution in [0.25, 0.3) is 0 Å². The molecule has 0 atom stereocenters. The third-order valence-electron chi connectivity index (χ3n) is 3.42. The molecule has 0 unspecified atom stereocenters. The first kappa shape index (κ1) is 14.9. The van der Waals surface area contributed by atoms with Crippen molar-refractivity contribution in [2.24, 2.45) is 5.92 Å². The summed E-state index contributed by atoms with van der Waals surface area (Å²) >= 11 is 0. The zero-order chi connectivity index (χ0) is 14.5. The summed E-state index contributed by atoms with van der Waals surface area (Å²) in [6.07, 6.45) is 1.61. The van der Waals surface area contributed by atoms with E-state index in [1.807, 2.05) is 9.58 Å². The van der Waals surface area contributed by atoms with Gasteiger partial charge in [-0.2, -0.15) is 5.10 Å². The van der Waals surface area contributed by atoms with Crippen LogP contribution in [-0.2, 0) is 17.9 Å². The second-order valence-electron chi connectivity index (χ2n) is 5.70. The SMILES string of the molecule is CC(C)Cn1ncnc1CN1CCN(CC(=O)O)CC1. The van der Waals surface area contributed by atoms with E-state index in [0.29, 0.717) is 5.92 Å². The molecular weight excluding hydrogens is 258 g/mol. The number of hydrogen-bond donors (Lipinski definition) is 1. The van der Waals surface area contributed by atoms with Gasteiger partial charge in [0.05, 0.1) is 13.1 Å². The molecule has 1 aliphatic rings. The molecule has 1 aliphatic heterocycles. The van der Waals surface area contributed by atoms with Gasteiger partial charge in [-0.15, -0.1) is 0 Å². The fourth-order valence-electron chi connectivity index (χ4n) is 2.41. The van der Waals surface area contributed by atoms with E-state index < -0.39 is 5.97 Å². The second kappa shape index (κ2) is 6.81. The zero-order valence-electron chi connectivity index (χ0n) is 12.2. The molecular formula is C13H23N5O2. The van der Waals surface area contributed by atoms with Gasteiger partial charge in [-0.3, -0.25) is 14.6 Å². The van der Waals surface area contributed by atoms with Crippen molar-refractivity contribution < 1.29 is 9.90 Å². The summed E-state index contributed by atoms with van der Waals surface area (Å²) in [5.41, 5.74) is 0. The van der Waals surface area contributed by atoms with Gasteiger partial charge in [0.2, 0.25) is 0 Å². The van der Waals surface area contributed by atoms with Crippen LogP contribution in [0.1, 0.15) is 19.7 Å². The molecule has 1 aromatic heterocycles. The molecule has 112 valence electrons. The minimum atomic E-state index is -0.755. The summed E-state index contributed by atoms with van der Waals surface area (Å²) in [5, 5.41) is 13.0. The molecule has 1 fully saturated rings. The van der Waals surface area contributed by atoms with Crippen LogP contribution in [0, 0.1) is 5.92 Å². The smallest absolute Gasteiger partial charge is 0.317 e. The summed E-state index contributed by atoms with van der Waals surface area (Å²) in [7, 11) is 0. The number of nitrogens with zero attached hydrogens (tertiary/aromatic N) is 5. The van der Waals surface area contributed by atoms with Crippen molar-refractivity contribution in [1.29, 1.82) is 0 Å². The molecule has 1 N–H and O–H groups in total. The average molecular weight is 281 g/mol. The topological polar surface area (TPSA) is 74.5 Å². The molecule has 20 heavy (non-hydrogen) atoms. The Morgan fingerprint density at radius 3 is 2.55 bits per heavy atom. The molecule has 0 bridgehead atoms. The predicted molar refractivity (Wildman–Crippen MR) is 74.2 cm³/mol. The molecule has 7 nitrogen and oxygen atoms in total. The van der Waals surface area contributed by atoms with Crippen LogP contribution >= 0.6 is 0 Å². The van der Waals surface area contributed by atoms with Crippen molar-refractivity contribution in [2.45, 2.75) is 26.9 Å². The van der Waals surface area contributed by atoms with E-state index in [1.165, 1.54) is 0 Å². The van der Waals surface area contributed by atoms with Gasteiger partial charge in [0.1, 0.15) is 12.2 Å². The van der Waals surface area contributed by atoms with Crippen LogP contribution in [0.15, 0.2) is 6.33 Å². The highest BCUT2D eigenvalue weighted by molar-refractivity contribution is 5.69. The van der Waals surface area contributed by atoms with E-state index in [2.05, 4.69) is 28.8 Å². The maximum atomic E-state index is 10.7. The van der Waals surface area contributed by atoms with Crippen molar-refractivity contribution in [3.63, 3.8) is 0 Å². The fraction of sp³-hybridized carbons (Fsp3) is 0.769. The predicted octanol–water partition coefficient (Wildman–Crippen LogP) is 0.136. The van der Waals surface area contributed by atoms with E-state index in [4.69, 9.17) is 5.11 Å². The average Bonchev–Trinajstić information content (AvgIpc) is 2.78. The number of piperazine rings is 1. The standard InChI is InChI=1S/C13H23N5O2/c1-11(2)7-18-12(14-10-15-18)8-16-3-5-17(6-4-16)9-13(19)20/h10-11H,3-9H2,1-2H3,(H,19,20). The third-order valence-corrected chi connectivity index (χ3v) is 3.42. The molecule has 0 amide bonds. The van der Waals surface area contributed by atoms with Crippen molar-refractivity contribution in [3.05, 3.63) is 12.2 Å². The van der Waals surface area contributed by atoms with Crippen LogP contribution in [0.2, 0.25) is 0 Å². The van der Waals surface area contributed by atoms with Crippen molar-refractivity contribution in [3.8, 4) is 0 Å². The number of carboxylic acids is 1. The van der Waals surface area contributed by atoms with Gasteiger partial charge in [0.25, 0.3) is 0 Å². The summed E-state index contributed by atoms with van der Waals surface area (Å²) in [4.78, 5) is 19.3. The summed E-state index contributed by atoms with van der Waals surface area (Å²) < 4.78 is 1.97. The van der Waals surface area contributed by atoms with Gasteiger partial charge in [-0.1, -0.05) is 13.8 Å². The third kappa shape index (κ3) is 4.28. The van der Waals surface area contributed by atoms with E-state index >= 15 is 0 Å². The first-order chi connectivity index (χ1) is 9.54. The Labute approximate surface area is 119 Å². The lowest BCUT2D eigenvalue weighted by Crippen LogP contribution is -2.47. The maximum absolute atomic E-state index is 10.7. The fourth-order valence-corrected chi connectivity index (χ4v) is 2.41. The second-order valence-corrected chi connectivity index (χ2v) is 5.70. The summed E-state index contributed by atoms with van der Waals surface area (Å²) in [6.45, 7) is 9.48. The number of carboxylic acid groups (broad SMARTS) is 1. The first-order valence-electron chi connectivity index (χ1n) is 7.07. The van der Waals surface area contributed by atoms with E-state index in [1.54, 1.807) is 6.33 Å². The molecule has 0 aliphatic carbocycles. The summed E-state index contributed by atoms with van der Waals surface area (Å²) in [6, 6.07) is 0. The van der Waals surface area contributed by atoms with Crippen molar-refractivity contribution in [2.75, 3.05) is 32.7 Å². The van der Waals surface area contributed by atoms with Gasteiger partial charge in [0.15, 0.2) is 0 Å². The molecule has 7 heteroatoms. The van der Waals surface area contributed by atoms with Gasteiger partial charge in [-0.25, -0.2) is 9.67 Å². The Kier molecular flexibility index (Phi) is 5.08. The Morgan fingerprint density at radius 2 is 1.95 bits per heavy atom. The van der Waals surface area contributed by atoms with Crippen molar-refractivity contribution in [1.82, 2.24) is 24.6 Å². The van der Waals surface area contributed by atoms with Crippen molar-refractivity contribution >= 4 is 5.97 Å². The monoisotopic (exact) mass is 281 g/mol. The highest BCUT2D eigenvalue weighted by Gasteiger charge is 2.20. The van der Waals surface area contributed by atoms with Crippen LogP contribution in [0.5, 0.6) is 0 Å². The normalized spacial score (nSPS) is 17.8. The van der Waals surface area contributed by atoms with E-state index in [-0.39, 0.29) is 6.54 Å². The molecule has 0 spiro atoms.